The Bertz CT molecular complexity index is 232. The molecule has 0 radical (unpaired) electrons. The number of hydrogen-bond acceptors (Lipinski definition) is 1. The summed E-state index contributed by atoms with van der Waals surface area (Å²) in [5.41, 5.74) is 6.75. The zero-order valence-corrected chi connectivity index (χ0v) is 10.0. The summed E-state index contributed by atoms with van der Waals surface area (Å²) in [6.45, 7) is 3.32. The molecule has 4 bridgehead atoms. The first kappa shape index (κ1) is 10.1. The molecule has 2 N–H and O–H groups in total. The molecule has 1 nitrogen and oxygen atoms in total. The average Bonchev–Trinajstić information content (AvgIpc) is 2.16. The van der Waals surface area contributed by atoms with Gasteiger partial charge in [0.15, 0.2) is 0 Å². The van der Waals surface area contributed by atoms with Gasteiger partial charge in [-0.25, -0.2) is 0 Å². The Morgan fingerprint density at radius 2 is 1.80 bits per heavy atom. The quantitative estimate of drug-likeness (QED) is 0.755. The van der Waals surface area contributed by atoms with E-state index in [9.17, 15) is 0 Å². The van der Waals surface area contributed by atoms with Gasteiger partial charge in [0, 0.05) is 0 Å². The molecule has 4 saturated carbocycles. The fourth-order valence-corrected chi connectivity index (χ4v) is 5.52. The van der Waals surface area contributed by atoms with Crippen molar-refractivity contribution in [3.8, 4) is 0 Å². The van der Waals surface area contributed by atoms with Crippen molar-refractivity contribution in [3.05, 3.63) is 0 Å². The van der Waals surface area contributed by atoms with Gasteiger partial charge in [-0.1, -0.05) is 13.3 Å². The Kier molecular flexibility index (Phi) is 2.35. The molecule has 86 valence electrons. The van der Waals surface area contributed by atoms with E-state index in [4.69, 9.17) is 5.73 Å². The largest absolute Gasteiger partial charge is 0.330 e. The monoisotopic (exact) mass is 207 g/mol. The third-order valence-electron chi connectivity index (χ3n) is 5.65. The minimum Gasteiger partial charge on any atom is -0.330 e. The molecule has 4 aliphatic rings. The lowest BCUT2D eigenvalue weighted by atomic mass is 9.45. The van der Waals surface area contributed by atoms with E-state index < -0.39 is 0 Å². The lowest BCUT2D eigenvalue weighted by molar-refractivity contribution is -0.0957. The molecule has 2 unspecified atom stereocenters. The first-order chi connectivity index (χ1) is 7.26. The molecule has 0 aromatic rings. The van der Waals surface area contributed by atoms with Crippen molar-refractivity contribution < 1.29 is 0 Å². The van der Waals surface area contributed by atoms with Crippen LogP contribution in [0.1, 0.15) is 51.9 Å². The van der Waals surface area contributed by atoms with Gasteiger partial charge in [-0.05, 0) is 74.2 Å². The molecule has 2 atom stereocenters. The molecular weight excluding hydrogens is 182 g/mol. The highest BCUT2D eigenvalue weighted by Gasteiger charge is 2.53. The molecule has 15 heavy (non-hydrogen) atoms. The molecule has 0 amide bonds. The highest BCUT2D eigenvalue weighted by atomic mass is 14.7. The minimum absolute atomic E-state index is 0.775. The van der Waals surface area contributed by atoms with Crippen LogP contribution in [0.2, 0.25) is 0 Å². The van der Waals surface area contributed by atoms with Crippen LogP contribution in [0.4, 0.5) is 0 Å². The molecule has 4 aliphatic carbocycles. The second-order valence-electron chi connectivity index (χ2n) is 6.62. The molecule has 0 saturated heterocycles. The summed E-state index contributed by atoms with van der Waals surface area (Å²) < 4.78 is 0. The fraction of sp³-hybridized carbons (Fsp3) is 1.00. The van der Waals surface area contributed by atoms with Crippen LogP contribution in [0, 0.1) is 29.1 Å². The predicted molar refractivity (Wildman–Crippen MR) is 63.4 cm³/mol. The Morgan fingerprint density at radius 1 is 1.13 bits per heavy atom. The number of rotatable bonds is 3. The average molecular weight is 207 g/mol. The van der Waals surface area contributed by atoms with Crippen LogP contribution in [0.5, 0.6) is 0 Å². The molecule has 4 fully saturated rings. The van der Waals surface area contributed by atoms with Crippen LogP contribution in [0.25, 0.3) is 0 Å². The fourth-order valence-electron chi connectivity index (χ4n) is 5.52. The van der Waals surface area contributed by atoms with E-state index in [-0.39, 0.29) is 0 Å². The van der Waals surface area contributed by atoms with Crippen LogP contribution >= 0.6 is 0 Å². The van der Waals surface area contributed by atoms with E-state index >= 15 is 0 Å². The van der Waals surface area contributed by atoms with E-state index in [1.165, 1.54) is 38.5 Å². The van der Waals surface area contributed by atoms with Gasteiger partial charge < -0.3 is 5.73 Å². The van der Waals surface area contributed by atoms with Gasteiger partial charge in [-0.15, -0.1) is 0 Å². The highest BCUT2D eigenvalue weighted by molar-refractivity contribution is 5.04. The second kappa shape index (κ2) is 3.48. The summed E-state index contributed by atoms with van der Waals surface area (Å²) in [5, 5.41) is 0. The minimum atomic E-state index is 0.775. The molecule has 0 heterocycles. The van der Waals surface area contributed by atoms with E-state index in [2.05, 4.69) is 6.92 Å². The van der Waals surface area contributed by atoms with Crippen molar-refractivity contribution in [1.82, 2.24) is 0 Å². The number of nitrogens with two attached hydrogens (primary N) is 1. The normalized spacial score (nSPS) is 52.4. The third kappa shape index (κ3) is 1.46. The zero-order chi connectivity index (χ0) is 10.5. The van der Waals surface area contributed by atoms with Gasteiger partial charge in [0.25, 0.3) is 0 Å². The first-order valence-corrected chi connectivity index (χ1v) is 6.96. The number of hydrogen-bond donors (Lipinski definition) is 1. The molecule has 0 aromatic heterocycles. The van der Waals surface area contributed by atoms with Crippen molar-refractivity contribution in [3.63, 3.8) is 0 Å². The maximum atomic E-state index is 5.97. The zero-order valence-electron chi connectivity index (χ0n) is 10.0. The smallest absolute Gasteiger partial charge is 0.00436 e. The van der Waals surface area contributed by atoms with Crippen LogP contribution < -0.4 is 5.73 Å². The van der Waals surface area contributed by atoms with Gasteiger partial charge in [-0.3, -0.25) is 0 Å². The van der Waals surface area contributed by atoms with Crippen molar-refractivity contribution in [2.24, 2.45) is 34.8 Å². The van der Waals surface area contributed by atoms with E-state index in [0.29, 0.717) is 0 Å². The topological polar surface area (TPSA) is 26.0 Å². The van der Waals surface area contributed by atoms with Crippen molar-refractivity contribution in [2.75, 3.05) is 6.54 Å². The molecule has 1 heteroatoms. The van der Waals surface area contributed by atoms with E-state index in [1.807, 2.05) is 0 Å². The Labute approximate surface area is 93.8 Å². The van der Waals surface area contributed by atoms with Gasteiger partial charge in [0.1, 0.15) is 0 Å². The first-order valence-electron chi connectivity index (χ1n) is 6.96. The molecular formula is C14H25N. The Hall–Kier alpha value is -0.0400. The Morgan fingerprint density at radius 3 is 2.33 bits per heavy atom. The van der Waals surface area contributed by atoms with Crippen LogP contribution in [-0.4, -0.2) is 6.54 Å². The summed E-state index contributed by atoms with van der Waals surface area (Å²) in [6.07, 6.45) is 10.5. The Balaban J connectivity index is 1.83. The maximum Gasteiger partial charge on any atom is -0.00436 e. The van der Waals surface area contributed by atoms with Gasteiger partial charge in [0.05, 0.1) is 0 Å². The molecule has 0 aromatic carbocycles. The van der Waals surface area contributed by atoms with E-state index in [0.717, 1.165) is 35.6 Å². The van der Waals surface area contributed by atoms with Crippen LogP contribution in [0.3, 0.4) is 0 Å². The SMILES string of the molecule is CCCC12CC3CC(C1)C(CN)C(C3)C2. The molecule has 0 aliphatic heterocycles. The van der Waals surface area contributed by atoms with Gasteiger partial charge in [0.2, 0.25) is 0 Å². The highest BCUT2D eigenvalue weighted by Crippen LogP contribution is 2.63. The summed E-state index contributed by atoms with van der Waals surface area (Å²) in [6, 6.07) is 0. The van der Waals surface area contributed by atoms with E-state index in [1.54, 1.807) is 6.42 Å². The summed E-state index contributed by atoms with van der Waals surface area (Å²) in [5.74, 6) is 3.99. The summed E-state index contributed by atoms with van der Waals surface area (Å²) >= 11 is 0. The predicted octanol–water partition coefficient (Wildman–Crippen LogP) is 3.19. The third-order valence-corrected chi connectivity index (χ3v) is 5.65. The lowest BCUT2D eigenvalue weighted by Crippen LogP contribution is -2.52. The molecule has 0 spiro atoms. The van der Waals surface area contributed by atoms with Crippen LogP contribution in [0.15, 0.2) is 0 Å². The van der Waals surface area contributed by atoms with Crippen LogP contribution in [-0.2, 0) is 0 Å². The molecule has 4 rings (SSSR count). The second-order valence-corrected chi connectivity index (χ2v) is 6.62. The van der Waals surface area contributed by atoms with Gasteiger partial charge in [-0.2, -0.15) is 0 Å². The maximum absolute atomic E-state index is 5.97. The van der Waals surface area contributed by atoms with Crippen molar-refractivity contribution >= 4 is 0 Å². The standard InChI is InChI=1S/C14H25N/c1-2-3-14-6-10-4-11(7-14)13(9-15)12(5-10)8-14/h10-13H,2-9,15H2,1H3. The van der Waals surface area contributed by atoms with Gasteiger partial charge >= 0.3 is 0 Å². The van der Waals surface area contributed by atoms with Crippen molar-refractivity contribution in [2.45, 2.75) is 51.9 Å². The lowest BCUT2D eigenvalue weighted by Gasteiger charge is -2.60. The van der Waals surface area contributed by atoms with Crippen molar-refractivity contribution in [1.29, 1.82) is 0 Å². The summed E-state index contributed by atoms with van der Waals surface area (Å²) in [7, 11) is 0. The summed E-state index contributed by atoms with van der Waals surface area (Å²) in [4.78, 5) is 0.